The predicted molar refractivity (Wildman–Crippen MR) is 145 cm³/mol. The van der Waals surface area contributed by atoms with E-state index >= 15 is 0 Å². The number of aromatic nitrogens is 4. The number of carbonyl (C=O) groups excluding carboxylic acids is 1. The zero-order chi connectivity index (χ0) is 28.0. The van der Waals surface area contributed by atoms with E-state index in [9.17, 15) is 18.5 Å². The number of amides is 1. The number of likely N-dealkylation sites (tertiary alicyclic amines) is 1. The number of ether oxygens (including phenoxy) is 1. The number of pyridine rings is 1. The van der Waals surface area contributed by atoms with Crippen molar-refractivity contribution in [3.8, 4) is 6.07 Å². The molecule has 0 unspecified atom stereocenters. The average molecular weight is 549 g/mol. The summed E-state index contributed by atoms with van der Waals surface area (Å²) in [5.74, 6) is 0. The molecule has 1 aliphatic heterocycles. The van der Waals surface area contributed by atoms with Crippen molar-refractivity contribution >= 4 is 44.2 Å². The molecule has 3 aromatic heterocycles. The van der Waals surface area contributed by atoms with E-state index in [1.807, 2.05) is 0 Å². The second-order valence-electron chi connectivity index (χ2n) is 10.4. The topological polar surface area (TPSA) is 161 Å². The summed E-state index contributed by atoms with van der Waals surface area (Å²) in [5.41, 5.74) is 6.49. The van der Waals surface area contributed by atoms with Gasteiger partial charge < -0.3 is 20.7 Å². The maximum Gasteiger partial charge on any atom is 0.410 e. The molecule has 0 radical (unpaired) electrons. The predicted octanol–water partition coefficient (Wildman–Crippen LogP) is 3.66. The van der Waals surface area contributed by atoms with Gasteiger partial charge in [0.15, 0.2) is 5.65 Å². The first-order valence-corrected chi connectivity index (χ1v) is 13.6. The summed E-state index contributed by atoms with van der Waals surface area (Å²) in [6.07, 6.45) is 5.86. The molecule has 1 amide bonds. The summed E-state index contributed by atoms with van der Waals surface area (Å²) in [6.45, 7) is 5.94. The van der Waals surface area contributed by atoms with Crippen molar-refractivity contribution in [2.75, 3.05) is 24.1 Å². The maximum atomic E-state index is 13.2. The van der Waals surface area contributed by atoms with Crippen LogP contribution in [0.1, 0.15) is 27.2 Å². The lowest BCUT2D eigenvalue weighted by Gasteiger charge is -2.48. The van der Waals surface area contributed by atoms with Crippen molar-refractivity contribution in [3.05, 3.63) is 61.2 Å². The van der Waals surface area contributed by atoms with Gasteiger partial charge in [-0.15, -0.1) is 0 Å². The molecule has 0 spiro atoms. The summed E-state index contributed by atoms with van der Waals surface area (Å²) >= 11 is 0. The Morgan fingerprint density at radius 3 is 2.59 bits per heavy atom. The Hall–Kier alpha value is -4.57. The molecule has 5 rings (SSSR count). The molecule has 13 heteroatoms. The summed E-state index contributed by atoms with van der Waals surface area (Å²) in [5, 5.41) is 17.7. The molecule has 4 heterocycles. The van der Waals surface area contributed by atoms with Crippen molar-refractivity contribution < 1.29 is 17.9 Å². The highest BCUT2D eigenvalue weighted by atomic mass is 32.2. The molecule has 3 N–H and O–H groups in total. The molecule has 0 bridgehead atoms. The van der Waals surface area contributed by atoms with Crippen molar-refractivity contribution in [3.63, 3.8) is 0 Å². The lowest BCUT2D eigenvalue weighted by Crippen LogP contribution is -2.64. The van der Waals surface area contributed by atoms with Crippen molar-refractivity contribution in [1.82, 2.24) is 23.6 Å². The van der Waals surface area contributed by atoms with Gasteiger partial charge in [0.2, 0.25) is 0 Å². The molecule has 0 aliphatic carbocycles. The van der Waals surface area contributed by atoms with E-state index in [-0.39, 0.29) is 30.1 Å². The van der Waals surface area contributed by atoms with Gasteiger partial charge in [-0.1, -0.05) is 18.2 Å². The monoisotopic (exact) mass is 548 g/mol. The van der Waals surface area contributed by atoms with E-state index in [2.05, 4.69) is 21.5 Å². The molecule has 0 saturated carbocycles. The van der Waals surface area contributed by atoms with Gasteiger partial charge in [0.25, 0.3) is 10.0 Å². The van der Waals surface area contributed by atoms with E-state index in [4.69, 9.17) is 10.5 Å². The minimum absolute atomic E-state index is 0.139. The SMILES string of the molecule is CC(C)(C)OC(=O)N1CC(CC#N)(n2cc(Nc3c(N)cnc4c3ccn4S(=O)(=O)c3ccccc3)cn2)C1. The molecule has 4 aromatic rings. The Balaban J connectivity index is 1.42. The molecule has 1 aromatic carbocycles. The maximum absolute atomic E-state index is 13.2. The van der Waals surface area contributed by atoms with Gasteiger partial charge in [-0.05, 0) is 39.0 Å². The van der Waals surface area contributed by atoms with Gasteiger partial charge in [0, 0.05) is 17.8 Å². The van der Waals surface area contributed by atoms with Crippen LogP contribution in [0.5, 0.6) is 0 Å². The number of carbonyl (C=O) groups is 1. The van der Waals surface area contributed by atoms with Gasteiger partial charge >= 0.3 is 6.09 Å². The lowest BCUT2D eigenvalue weighted by atomic mass is 9.87. The third kappa shape index (κ3) is 4.74. The molecule has 1 aliphatic rings. The Kier molecular flexibility index (Phi) is 6.22. The van der Waals surface area contributed by atoms with Crippen LogP contribution in [0.4, 0.5) is 21.9 Å². The van der Waals surface area contributed by atoms with Gasteiger partial charge in [-0.2, -0.15) is 10.4 Å². The number of nitrogen functional groups attached to an aromatic ring is 1. The van der Waals surface area contributed by atoms with Crippen LogP contribution in [0, 0.1) is 11.3 Å². The van der Waals surface area contributed by atoms with E-state index in [0.717, 1.165) is 3.97 Å². The van der Waals surface area contributed by atoms with Gasteiger partial charge in [0.05, 0.1) is 59.9 Å². The molecule has 0 atom stereocenters. The second-order valence-corrected chi connectivity index (χ2v) is 12.3. The average Bonchev–Trinajstić information content (AvgIpc) is 3.50. The standard InChI is InChI=1S/C26H28N8O4S/c1-25(2,3)38-24(35)32-16-26(17-32,10-11-27)34-15-18(13-30-34)31-22-20-9-12-33(23(20)29-14-21(22)28)39(36,37)19-7-5-4-6-8-19/h4-9,12-15H,10,16-17,28H2,1-3H3,(H,29,31). The van der Waals surface area contributed by atoms with Crippen molar-refractivity contribution in [2.45, 2.75) is 43.2 Å². The fraction of sp³-hybridized carbons (Fsp3) is 0.308. The molecule has 202 valence electrons. The largest absolute Gasteiger partial charge is 0.444 e. The molecule has 39 heavy (non-hydrogen) atoms. The van der Waals surface area contributed by atoms with Crippen LogP contribution in [0.2, 0.25) is 0 Å². The number of hydrogen-bond donors (Lipinski definition) is 2. The van der Waals surface area contributed by atoms with Crippen LogP contribution < -0.4 is 11.1 Å². The minimum atomic E-state index is -3.87. The highest BCUT2D eigenvalue weighted by Gasteiger charge is 2.48. The van der Waals surface area contributed by atoms with E-state index in [1.54, 1.807) is 62.1 Å². The number of fused-ring (bicyclic) bond motifs is 1. The van der Waals surface area contributed by atoms with E-state index < -0.39 is 27.3 Å². The number of rotatable bonds is 6. The van der Waals surface area contributed by atoms with Gasteiger partial charge in [-0.3, -0.25) is 4.68 Å². The highest BCUT2D eigenvalue weighted by molar-refractivity contribution is 7.90. The zero-order valence-corrected chi connectivity index (χ0v) is 22.5. The number of hydrogen-bond acceptors (Lipinski definition) is 9. The molecular formula is C26H28N8O4S. The quantitative estimate of drug-likeness (QED) is 0.366. The smallest absolute Gasteiger partial charge is 0.410 e. The summed E-state index contributed by atoms with van der Waals surface area (Å²) in [4.78, 5) is 18.4. The van der Waals surface area contributed by atoms with Gasteiger partial charge in [0.1, 0.15) is 11.1 Å². The Morgan fingerprint density at radius 2 is 1.92 bits per heavy atom. The third-order valence-corrected chi connectivity index (χ3v) is 8.06. The van der Waals surface area contributed by atoms with E-state index in [0.29, 0.717) is 22.4 Å². The van der Waals surface area contributed by atoms with Crippen LogP contribution in [0.25, 0.3) is 11.0 Å². The van der Waals surface area contributed by atoms with Crippen molar-refractivity contribution in [2.24, 2.45) is 0 Å². The highest BCUT2D eigenvalue weighted by Crippen LogP contribution is 2.36. The Morgan fingerprint density at radius 1 is 1.21 bits per heavy atom. The molecular weight excluding hydrogens is 520 g/mol. The van der Waals surface area contributed by atoms with Crippen LogP contribution in [-0.2, 0) is 20.3 Å². The summed E-state index contributed by atoms with van der Waals surface area (Å²) in [6, 6.07) is 11.9. The number of anilines is 3. The lowest BCUT2D eigenvalue weighted by molar-refractivity contribution is -0.0314. The first-order chi connectivity index (χ1) is 18.4. The van der Waals surface area contributed by atoms with Crippen molar-refractivity contribution in [1.29, 1.82) is 5.26 Å². The van der Waals surface area contributed by atoms with Crippen LogP contribution in [0.3, 0.4) is 0 Å². The molecule has 1 saturated heterocycles. The number of nitrogens with zero attached hydrogens (tertiary/aromatic N) is 6. The Bertz CT molecular complexity index is 1690. The number of benzene rings is 1. The first-order valence-electron chi connectivity index (χ1n) is 12.2. The Labute approximate surface area is 225 Å². The fourth-order valence-corrected chi connectivity index (χ4v) is 5.84. The van der Waals surface area contributed by atoms with Crippen LogP contribution in [0.15, 0.2) is 66.1 Å². The normalized spacial score (nSPS) is 15.0. The number of nitrogens with one attached hydrogen (secondary N) is 1. The fourth-order valence-electron chi connectivity index (χ4n) is 4.51. The number of nitriles is 1. The first kappa shape index (κ1) is 26.1. The van der Waals surface area contributed by atoms with Gasteiger partial charge in [-0.25, -0.2) is 22.2 Å². The number of nitrogens with two attached hydrogens (primary N) is 1. The molecule has 1 fully saturated rings. The van der Waals surface area contributed by atoms with Crippen LogP contribution >= 0.6 is 0 Å². The minimum Gasteiger partial charge on any atom is -0.444 e. The summed E-state index contributed by atoms with van der Waals surface area (Å²) < 4.78 is 34.7. The summed E-state index contributed by atoms with van der Waals surface area (Å²) in [7, 11) is -3.87. The molecule has 12 nitrogen and oxygen atoms in total. The zero-order valence-electron chi connectivity index (χ0n) is 21.7. The van der Waals surface area contributed by atoms with E-state index in [1.165, 1.54) is 29.4 Å². The van der Waals surface area contributed by atoms with Crippen LogP contribution in [-0.4, -0.2) is 56.8 Å². The second kappa shape index (κ2) is 9.32. The third-order valence-electron chi connectivity index (χ3n) is 6.38.